The number of aryl methyl sites for hydroxylation is 1. The summed E-state index contributed by atoms with van der Waals surface area (Å²) >= 11 is 4.90. The minimum atomic E-state index is -0.162. The van der Waals surface area contributed by atoms with E-state index in [2.05, 4.69) is 32.4 Å². The first-order chi connectivity index (χ1) is 10.1. The molecule has 21 heavy (non-hydrogen) atoms. The molecule has 0 radical (unpaired) electrons. The molecule has 0 bridgehead atoms. The maximum atomic E-state index is 12.1. The van der Waals surface area contributed by atoms with Crippen molar-refractivity contribution in [2.75, 3.05) is 5.32 Å². The van der Waals surface area contributed by atoms with Gasteiger partial charge in [-0.05, 0) is 47.7 Å². The number of thiophene rings is 1. The van der Waals surface area contributed by atoms with Crippen molar-refractivity contribution in [3.05, 3.63) is 32.4 Å². The highest BCUT2D eigenvalue weighted by Crippen LogP contribution is 2.38. The van der Waals surface area contributed by atoms with Gasteiger partial charge in [0.1, 0.15) is 17.6 Å². The molecule has 1 amide bonds. The predicted octanol–water partition coefficient (Wildman–Crippen LogP) is 3.01. The van der Waals surface area contributed by atoms with Crippen molar-refractivity contribution in [3.63, 3.8) is 0 Å². The zero-order valence-corrected chi connectivity index (χ0v) is 13.8. The Bertz CT molecular complexity index is 756. The molecule has 0 aliphatic heterocycles. The molecule has 0 aromatic carbocycles. The number of halogens is 1. The topological polar surface area (TPSA) is 70.7 Å². The van der Waals surface area contributed by atoms with Gasteiger partial charge in [0.2, 0.25) is 5.91 Å². The fourth-order valence-corrected chi connectivity index (χ4v) is 4.05. The number of hydrogen-bond donors (Lipinski definition) is 1. The van der Waals surface area contributed by atoms with Gasteiger partial charge in [-0.25, -0.2) is 0 Å². The zero-order chi connectivity index (χ0) is 15.0. The average Bonchev–Trinajstić information content (AvgIpc) is 3.09. The molecule has 1 N–H and O–H groups in total. The smallest absolute Gasteiger partial charge is 0.246 e. The zero-order valence-electron chi connectivity index (χ0n) is 11.4. The van der Waals surface area contributed by atoms with Crippen molar-refractivity contribution in [2.45, 2.75) is 32.7 Å². The lowest BCUT2D eigenvalue weighted by Gasteiger charge is -2.06. The lowest BCUT2D eigenvalue weighted by molar-refractivity contribution is -0.116. The Morgan fingerprint density at radius 1 is 1.62 bits per heavy atom. The first kappa shape index (κ1) is 14.3. The lowest BCUT2D eigenvalue weighted by atomic mass is 10.1. The largest absolute Gasteiger partial charge is 0.315 e. The van der Waals surface area contributed by atoms with Crippen LogP contribution in [0.1, 0.15) is 28.1 Å². The molecule has 2 aromatic rings. The van der Waals surface area contributed by atoms with Gasteiger partial charge in [0, 0.05) is 4.88 Å². The van der Waals surface area contributed by atoms with Crippen LogP contribution < -0.4 is 5.32 Å². The molecule has 0 spiro atoms. The Morgan fingerprint density at radius 2 is 2.43 bits per heavy atom. The number of carbonyl (C=O) groups excluding carboxylic acids is 1. The first-order valence-electron chi connectivity index (χ1n) is 6.62. The minimum Gasteiger partial charge on any atom is -0.315 e. The summed E-state index contributed by atoms with van der Waals surface area (Å²) in [6.07, 6.45) is 4.72. The Balaban J connectivity index is 1.77. The summed E-state index contributed by atoms with van der Waals surface area (Å²) in [6, 6.07) is 2.23. The highest BCUT2D eigenvalue weighted by atomic mass is 79.9. The van der Waals surface area contributed by atoms with E-state index in [0.29, 0.717) is 10.6 Å². The number of carbonyl (C=O) groups is 1. The Hall–Kier alpha value is -1.65. The van der Waals surface area contributed by atoms with Crippen LogP contribution in [0.25, 0.3) is 0 Å². The van der Waals surface area contributed by atoms with Crippen molar-refractivity contribution in [1.29, 1.82) is 5.26 Å². The van der Waals surface area contributed by atoms with E-state index in [1.165, 1.54) is 16.2 Å². The summed E-state index contributed by atoms with van der Waals surface area (Å²) in [6.45, 7) is 2.04. The maximum Gasteiger partial charge on any atom is 0.246 e. The first-order valence-corrected chi connectivity index (χ1v) is 8.23. The second kappa shape index (κ2) is 5.62. The third-order valence-electron chi connectivity index (χ3n) is 3.62. The molecular weight excluding hydrogens is 352 g/mol. The van der Waals surface area contributed by atoms with E-state index in [0.717, 1.165) is 35.0 Å². The predicted molar refractivity (Wildman–Crippen MR) is 84.4 cm³/mol. The summed E-state index contributed by atoms with van der Waals surface area (Å²) in [7, 11) is 0. The molecule has 0 atom stereocenters. The van der Waals surface area contributed by atoms with E-state index >= 15 is 0 Å². The summed E-state index contributed by atoms with van der Waals surface area (Å²) in [5.74, 6) is -0.162. The minimum absolute atomic E-state index is 0.144. The van der Waals surface area contributed by atoms with Crippen LogP contribution in [-0.2, 0) is 24.2 Å². The van der Waals surface area contributed by atoms with Crippen LogP contribution in [0.5, 0.6) is 0 Å². The molecule has 108 valence electrons. The lowest BCUT2D eigenvalue weighted by Crippen LogP contribution is -2.20. The molecule has 1 aliphatic rings. The van der Waals surface area contributed by atoms with Gasteiger partial charge in [0.15, 0.2) is 0 Å². The normalized spacial score (nSPS) is 13.0. The van der Waals surface area contributed by atoms with Crippen LogP contribution in [0.4, 0.5) is 5.00 Å². The summed E-state index contributed by atoms with van der Waals surface area (Å²) in [5, 5.41) is 17.0. The molecule has 5 nitrogen and oxygen atoms in total. The van der Waals surface area contributed by atoms with Crippen molar-refractivity contribution in [3.8, 4) is 6.07 Å². The Morgan fingerprint density at radius 3 is 3.10 bits per heavy atom. The number of anilines is 1. The van der Waals surface area contributed by atoms with Gasteiger partial charge >= 0.3 is 0 Å². The number of nitriles is 1. The van der Waals surface area contributed by atoms with Crippen molar-refractivity contribution in [1.82, 2.24) is 9.78 Å². The quantitative estimate of drug-likeness (QED) is 0.909. The fraction of sp³-hybridized carbons (Fsp3) is 0.357. The number of rotatable bonds is 3. The van der Waals surface area contributed by atoms with Crippen LogP contribution in [-0.4, -0.2) is 15.7 Å². The van der Waals surface area contributed by atoms with E-state index in [-0.39, 0.29) is 12.5 Å². The third-order valence-corrected chi connectivity index (χ3v) is 5.61. The molecule has 0 unspecified atom stereocenters. The van der Waals surface area contributed by atoms with Crippen LogP contribution >= 0.6 is 27.3 Å². The molecule has 3 rings (SSSR count). The monoisotopic (exact) mass is 364 g/mol. The van der Waals surface area contributed by atoms with Crippen molar-refractivity contribution in [2.24, 2.45) is 0 Å². The van der Waals surface area contributed by atoms with Crippen molar-refractivity contribution < 1.29 is 4.79 Å². The molecule has 2 aromatic heterocycles. The van der Waals surface area contributed by atoms with Crippen LogP contribution in [0.2, 0.25) is 0 Å². The van der Waals surface area contributed by atoms with Gasteiger partial charge in [0.25, 0.3) is 0 Å². The van der Waals surface area contributed by atoms with Crippen LogP contribution in [0.15, 0.2) is 10.7 Å². The van der Waals surface area contributed by atoms with E-state index in [1.807, 2.05) is 6.92 Å². The third kappa shape index (κ3) is 2.61. The van der Waals surface area contributed by atoms with Gasteiger partial charge in [-0.1, -0.05) is 0 Å². The number of nitrogens with zero attached hydrogens (tertiary/aromatic N) is 3. The molecule has 0 fully saturated rings. The second-order valence-corrected chi connectivity index (χ2v) is 6.92. The van der Waals surface area contributed by atoms with Gasteiger partial charge in [0.05, 0.1) is 21.9 Å². The standard InChI is InChI=1S/C14H13BrN4OS/c1-8-11(15)6-17-19(8)7-13(20)18-14-10(5-16)9-3-2-4-12(9)21-14/h6H,2-4,7H2,1H3,(H,18,20). The Kier molecular flexibility index (Phi) is 3.83. The molecule has 7 heteroatoms. The highest BCUT2D eigenvalue weighted by molar-refractivity contribution is 9.10. The summed E-state index contributed by atoms with van der Waals surface area (Å²) < 4.78 is 2.51. The fourth-order valence-electron chi connectivity index (χ4n) is 2.50. The number of hydrogen-bond acceptors (Lipinski definition) is 4. The molecule has 2 heterocycles. The van der Waals surface area contributed by atoms with E-state index in [1.54, 1.807) is 10.9 Å². The number of amides is 1. The number of aromatic nitrogens is 2. The van der Waals surface area contributed by atoms with Gasteiger partial charge in [-0.3, -0.25) is 9.48 Å². The summed E-state index contributed by atoms with van der Waals surface area (Å²) in [4.78, 5) is 13.4. The Labute approximate surface area is 134 Å². The van der Waals surface area contributed by atoms with E-state index in [9.17, 15) is 10.1 Å². The van der Waals surface area contributed by atoms with Gasteiger partial charge < -0.3 is 5.32 Å². The molecule has 0 saturated heterocycles. The number of fused-ring (bicyclic) bond motifs is 1. The summed E-state index contributed by atoms with van der Waals surface area (Å²) in [5.41, 5.74) is 2.66. The maximum absolute atomic E-state index is 12.1. The molecular formula is C14H13BrN4OS. The van der Waals surface area contributed by atoms with E-state index in [4.69, 9.17) is 0 Å². The average molecular weight is 365 g/mol. The SMILES string of the molecule is Cc1c(Br)cnn1CC(=O)Nc1sc2c(c1C#N)CCC2. The van der Waals surface area contributed by atoms with Crippen LogP contribution in [0.3, 0.4) is 0 Å². The molecule has 0 saturated carbocycles. The van der Waals surface area contributed by atoms with Crippen LogP contribution in [0, 0.1) is 18.3 Å². The molecule has 1 aliphatic carbocycles. The highest BCUT2D eigenvalue weighted by Gasteiger charge is 2.23. The van der Waals surface area contributed by atoms with E-state index < -0.39 is 0 Å². The van der Waals surface area contributed by atoms with Gasteiger partial charge in [-0.15, -0.1) is 11.3 Å². The van der Waals surface area contributed by atoms with Gasteiger partial charge in [-0.2, -0.15) is 10.4 Å². The second-order valence-electron chi connectivity index (χ2n) is 4.96. The number of nitrogens with one attached hydrogen (secondary N) is 1. The van der Waals surface area contributed by atoms with Crippen molar-refractivity contribution >= 4 is 38.2 Å².